The van der Waals surface area contributed by atoms with Crippen molar-refractivity contribution in [3.63, 3.8) is 0 Å². The Labute approximate surface area is 235 Å². The first-order chi connectivity index (χ1) is 19.1. The van der Waals surface area contributed by atoms with Crippen LogP contribution in [0.4, 0.5) is 0 Å². The molecule has 17 nitrogen and oxygen atoms in total. The molecule has 0 saturated carbocycles. The maximum atomic E-state index is 11.0. The Morgan fingerprint density at radius 2 is 0.659 bits per heavy atom. The van der Waals surface area contributed by atoms with Crippen molar-refractivity contribution in [3.05, 3.63) is 0 Å². The third kappa shape index (κ3) is 6.57. The first kappa shape index (κ1) is 33.2. The van der Waals surface area contributed by atoms with E-state index in [0.29, 0.717) is 0 Å². The summed E-state index contributed by atoms with van der Waals surface area (Å²) in [4.78, 5) is 0. The molecule has 41 heavy (non-hydrogen) atoms. The zero-order valence-electron chi connectivity index (χ0n) is 22.9. The predicted octanol–water partition coefficient (Wildman–Crippen LogP) is -5.64. The Balaban J connectivity index is 1.47. The molecule has 0 spiro atoms. The van der Waals surface area contributed by atoms with Crippen molar-refractivity contribution in [1.29, 1.82) is 0 Å². The SMILES string of the molecule is C[C@H]1O[C@@H](O[C@@H]2[C@H](O)[C@H](O[C@@H]3[C@H](O)[C@H](O[C@@H]4[C@H](O)[C@H](O)O[C@H](C)[C@H]4O)O[C@H](C)[C@H]3O)O[C@H](C)[C@H]2O)[C@@H](O)[C@@H](O)[C@@H]1O. The van der Waals surface area contributed by atoms with Crippen molar-refractivity contribution in [2.75, 3.05) is 0 Å². The van der Waals surface area contributed by atoms with Crippen LogP contribution in [0.2, 0.25) is 0 Å². The summed E-state index contributed by atoms with van der Waals surface area (Å²) >= 11 is 0. The third-order valence-electron chi connectivity index (χ3n) is 8.05. The molecule has 0 aromatic rings. The fourth-order valence-corrected chi connectivity index (χ4v) is 5.30. The van der Waals surface area contributed by atoms with Gasteiger partial charge < -0.3 is 84.2 Å². The average Bonchev–Trinajstić information content (AvgIpc) is 2.92. The molecule has 240 valence electrons. The second-order valence-corrected chi connectivity index (χ2v) is 11.1. The van der Waals surface area contributed by atoms with Crippen molar-refractivity contribution in [3.8, 4) is 0 Å². The highest BCUT2D eigenvalue weighted by Crippen LogP contribution is 2.34. The quantitative estimate of drug-likeness (QED) is 0.136. The summed E-state index contributed by atoms with van der Waals surface area (Å²) < 4.78 is 38.5. The van der Waals surface area contributed by atoms with E-state index in [-0.39, 0.29) is 0 Å². The highest BCUT2D eigenvalue weighted by molar-refractivity contribution is 4.96. The van der Waals surface area contributed by atoms with Crippen LogP contribution in [0.25, 0.3) is 0 Å². The van der Waals surface area contributed by atoms with Gasteiger partial charge in [0.25, 0.3) is 0 Å². The fourth-order valence-electron chi connectivity index (χ4n) is 5.30. The molecule has 0 aromatic heterocycles. The van der Waals surface area contributed by atoms with Gasteiger partial charge in [-0.2, -0.15) is 0 Å². The molecule has 4 rings (SSSR count). The van der Waals surface area contributed by atoms with Crippen LogP contribution < -0.4 is 0 Å². The lowest BCUT2D eigenvalue weighted by Crippen LogP contribution is -2.66. The summed E-state index contributed by atoms with van der Waals surface area (Å²) in [5.41, 5.74) is 0. The van der Waals surface area contributed by atoms with Gasteiger partial charge in [0.05, 0.1) is 24.4 Å². The van der Waals surface area contributed by atoms with Gasteiger partial charge in [-0.1, -0.05) is 0 Å². The minimum atomic E-state index is -1.79. The summed E-state index contributed by atoms with van der Waals surface area (Å²) in [7, 11) is 0. The Morgan fingerprint density at radius 3 is 1.07 bits per heavy atom. The number of aliphatic hydroxyl groups excluding tert-OH is 10. The van der Waals surface area contributed by atoms with E-state index in [1.54, 1.807) is 0 Å². The highest BCUT2D eigenvalue weighted by Gasteiger charge is 2.54. The first-order valence-corrected chi connectivity index (χ1v) is 13.5. The molecule has 0 aliphatic carbocycles. The molecular formula is C24H42O17. The fraction of sp³-hybridized carbons (Fsp3) is 1.00. The Hall–Kier alpha value is -0.680. The molecule has 4 fully saturated rings. The lowest BCUT2D eigenvalue weighted by molar-refractivity contribution is -0.384. The lowest BCUT2D eigenvalue weighted by atomic mass is 9.96. The summed E-state index contributed by atoms with van der Waals surface area (Å²) in [6.45, 7) is 5.71. The number of hydrogen-bond donors (Lipinski definition) is 10. The number of aliphatic hydroxyl groups is 10. The third-order valence-corrected chi connectivity index (χ3v) is 8.05. The van der Waals surface area contributed by atoms with Gasteiger partial charge in [0, 0.05) is 0 Å². The smallest absolute Gasteiger partial charge is 0.187 e. The van der Waals surface area contributed by atoms with E-state index < -0.39 is 123 Å². The summed E-state index contributed by atoms with van der Waals surface area (Å²) in [6, 6.07) is 0. The molecule has 0 amide bonds. The standard InChI is InChI=1S/C24H42O17/c1-5-9(25)13(29)14(30)22(36-5)40-19-11(27)7(3)38-24(16(19)32)41-20-12(28)8(4)37-23(17(20)33)39-18-10(26)6(2)35-21(34)15(18)31/h5-34H,1-4H3/t5-,6-,7-,8-,9-,10-,11-,12-,13+,14+,15+,16+,17+,18+,19+,20+,21-,22+,23+,24+/m1/s1. The second kappa shape index (κ2) is 13.1. The van der Waals surface area contributed by atoms with Crippen molar-refractivity contribution in [2.24, 2.45) is 0 Å². The van der Waals surface area contributed by atoms with E-state index in [2.05, 4.69) is 0 Å². The Bertz CT molecular complexity index is 839. The van der Waals surface area contributed by atoms with Crippen molar-refractivity contribution < 1.29 is 84.2 Å². The zero-order chi connectivity index (χ0) is 30.5. The molecule has 4 heterocycles. The van der Waals surface area contributed by atoms with E-state index in [9.17, 15) is 51.1 Å². The number of rotatable bonds is 6. The van der Waals surface area contributed by atoms with Crippen molar-refractivity contribution >= 4 is 0 Å². The average molecular weight is 603 g/mol. The van der Waals surface area contributed by atoms with Crippen LogP contribution in [0.3, 0.4) is 0 Å². The number of ether oxygens (including phenoxy) is 7. The van der Waals surface area contributed by atoms with E-state index in [4.69, 9.17) is 33.2 Å². The highest BCUT2D eigenvalue weighted by atomic mass is 16.8. The van der Waals surface area contributed by atoms with E-state index in [1.165, 1.54) is 27.7 Å². The predicted molar refractivity (Wildman–Crippen MR) is 128 cm³/mol. The van der Waals surface area contributed by atoms with Crippen molar-refractivity contribution in [1.82, 2.24) is 0 Å². The second-order valence-electron chi connectivity index (χ2n) is 11.1. The molecule has 0 unspecified atom stereocenters. The lowest BCUT2D eigenvalue weighted by Gasteiger charge is -2.48. The molecular weight excluding hydrogens is 560 g/mol. The van der Waals surface area contributed by atoms with Crippen LogP contribution >= 0.6 is 0 Å². The van der Waals surface area contributed by atoms with Gasteiger partial charge in [-0.25, -0.2) is 0 Å². The normalized spacial score (nSPS) is 56.9. The van der Waals surface area contributed by atoms with Crippen LogP contribution in [0.1, 0.15) is 27.7 Å². The topological polar surface area (TPSA) is 267 Å². The van der Waals surface area contributed by atoms with Crippen LogP contribution in [0.15, 0.2) is 0 Å². The van der Waals surface area contributed by atoms with E-state index in [1.807, 2.05) is 0 Å². The molecule has 0 radical (unpaired) electrons. The van der Waals surface area contributed by atoms with Crippen LogP contribution in [0.5, 0.6) is 0 Å². The molecule has 4 aliphatic heterocycles. The summed E-state index contributed by atoms with van der Waals surface area (Å²) in [6.07, 6.45) is -29.4. The largest absolute Gasteiger partial charge is 0.388 e. The van der Waals surface area contributed by atoms with Gasteiger partial charge >= 0.3 is 0 Å². The van der Waals surface area contributed by atoms with Gasteiger partial charge in [0.2, 0.25) is 0 Å². The summed E-state index contributed by atoms with van der Waals surface area (Å²) in [5, 5.41) is 104. The molecule has 20 atom stereocenters. The molecule has 4 aliphatic rings. The van der Waals surface area contributed by atoms with Gasteiger partial charge in [0.1, 0.15) is 73.2 Å². The van der Waals surface area contributed by atoms with E-state index >= 15 is 0 Å². The minimum Gasteiger partial charge on any atom is -0.388 e. The Kier molecular flexibility index (Phi) is 10.6. The molecule has 17 heteroatoms. The van der Waals surface area contributed by atoms with Gasteiger partial charge in [-0.3, -0.25) is 0 Å². The molecule has 4 saturated heterocycles. The van der Waals surface area contributed by atoms with Gasteiger partial charge in [0.15, 0.2) is 25.2 Å². The van der Waals surface area contributed by atoms with Crippen LogP contribution in [-0.2, 0) is 33.2 Å². The van der Waals surface area contributed by atoms with E-state index in [0.717, 1.165) is 0 Å². The molecule has 0 bridgehead atoms. The van der Waals surface area contributed by atoms with Gasteiger partial charge in [-0.05, 0) is 27.7 Å². The van der Waals surface area contributed by atoms with Crippen molar-refractivity contribution in [2.45, 2.75) is 151 Å². The zero-order valence-corrected chi connectivity index (χ0v) is 22.9. The molecule has 0 aromatic carbocycles. The minimum absolute atomic E-state index is 0.941. The number of hydrogen-bond acceptors (Lipinski definition) is 17. The maximum absolute atomic E-state index is 11.0. The van der Waals surface area contributed by atoms with Gasteiger partial charge in [-0.15, -0.1) is 0 Å². The first-order valence-electron chi connectivity index (χ1n) is 13.5. The molecule has 10 N–H and O–H groups in total. The Morgan fingerprint density at radius 1 is 0.341 bits per heavy atom. The van der Waals surface area contributed by atoms with Crippen LogP contribution in [0, 0.1) is 0 Å². The van der Waals surface area contributed by atoms with Crippen LogP contribution in [-0.4, -0.2) is 174 Å². The monoisotopic (exact) mass is 602 g/mol. The maximum Gasteiger partial charge on any atom is 0.187 e. The summed E-state index contributed by atoms with van der Waals surface area (Å²) in [5.74, 6) is 0.